The quantitative estimate of drug-likeness (QED) is 0.653. The molecule has 0 aliphatic heterocycles. The molecule has 5 heteroatoms. The van der Waals surface area contributed by atoms with Gasteiger partial charge in [-0.15, -0.1) is 0 Å². The Kier molecular flexibility index (Phi) is 2.65. The molecule has 64 valence electrons. The van der Waals surface area contributed by atoms with Crippen molar-refractivity contribution in [1.82, 2.24) is 0 Å². The number of amides is 1. The molecule has 0 aliphatic carbocycles. The summed E-state index contributed by atoms with van der Waals surface area (Å²) < 4.78 is 24.8. The Morgan fingerprint density at radius 3 is 2.50 bits per heavy atom. The minimum atomic E-state index is -1.01. The van der Waals surface area contributed by atoms with Gasteiger partial charge in [0.05, 0.1) is 0 Å². The van der Waals surface area contributed by atoms with E-state index in [4.69, 9.17) is 0 Å². The molecule has 0 unspecified atom stereocenters. The first-order valence-electron chi connectivity index (χ1n) is 3.04. The van der Waals surface area contributed by atoms with Gasteiger partial charge in [-0.3, -0.25) is 4.79 Å². The van der Waals surface area contributed by atoms with E-state index < -0.39 is 16.9 Å². The third kappa shape index (κ3) is 2.20. The molecule has 0 aliphatic rings. The summed E-state index contributed by atoms with van der Waals surface area (Å²) >= 11 is 3.40. The lowest BCUT2D eigenvalue weighted by Crippen LogP contribution is -2.01. The van der Waals surface area contributed by atoms with Gasteiger partial charge in [-0.05, 0) is 12.1 Å². The molecule has 0 fully saturated rings. The molecule has 0 heterocycles. The Labute approximate surface area is 73.0 Å². The molecule has 2 nitrogen and oxygen atoms in total. The Hall–Kier alpha value is -1.10. The number of carbonyl (C=O) groups is 1. The van der Waals surface area contributed by atoms with Crippen LogP contribution in [0.1, 0.15) is 0 Å². The first-order chi connectivity index (χ1) is 5.59. The predicted molar refractivity (Wildman–Crippen MR) is 44.4 cm³/mol. The van der Waals surface area contributed by atoms with Crippen LogP contribution in [0.4, 0.5) is 19.3 Å². The molecule has 0 saturated heterocycles. The van der Waals surface area contributed by atoms with Crippen LogP contribution in [-0.4, -0.2) is 5.24 Å². The highest BCUT2D eigenvalue weighted by molar-refractivity contribution is 7.96. The highest BCUT2D eigenvalue weighted by Gasteiger charge is 2.02. The Morgan fingerprint density at radius 1 is 1.33 bits per heavy atom. The van der Waals surface area contributed by atoms with Gasteiger partial charge in [0.1, 0.15) is 0 Å². The topological polar surface area (TPSA) is 29.1 Å². The molecule has 1 aromatic carbocycles. The Balaban J connectivity index is 2.89. The molecule has 0 bridgehead atoms. The number of halogens is 2. The fraction of sp³-hybridized carbons (Fsp3) is 0. The number of hydrogen-bond donors (Lipinski definition) is 2. The van der Waals surface area contributed by atoms with Gasteiger partial charge in [-0.25, -0.2) is 8.78 Å². The van der Waals surface area contributed by atoms with Crippen molar-refractivity contribution < 1.29 is 13.6 Å². The normalized spacial score (nSPS) is 9.58. The highest BCUT2D eigenvalue weighted by Crippen LogP contribution is 2.13. The van der Waals surface area contributed by atoms with E-state index in [1.54, 1.807) is 0 Å². The van der Waals surface area contributed by atoms with E-state index in [-0.39, 0.29) is 5.69 Å². The van der Waals surface area contributed by atoms with E-state index in [1.807, 2.05) is 0 Å². The van der Waals surface area contributed by atoms with Gasteiger partial charge < -0.3 is 5.32 Å². The largest absolute Gasteiger partial charge is 0.317 e. The second-order valence-electron chi connectivity index (χ2n) is 2.06. The van der Waals surface area contributed by atoms with E-state index in [9.17, 15) is 13.6 Å². The lowest BCUT2D eigenvalue weighted by Gasteiger charge is -2.00. The second-order valence-corrected chi connectivity index (χ2v) is 2.47. The van der Waals surface area contributed by atoms with Crippen LogP contribution in [0, 0.1) is 11.6 Å². The van der Waals surface area contributed by atoms with Crippen LogP contribution in [-0.2, 0) is 0 Å². The molecule has 0 radical (unpaired) electrons. The zero-order valence-electron chi connectivity index (χ0n) is 5.84. The van der Waals surface area contributed by atoms with Crippen molar-refractivity contribution in [3.8, 4) is 0 Å². The third-order valence-electron chi connectivity index (χ3n) is 1.17. The van der Waals surface area contributed by atoms with Crippen molar-refractivity contribution >= 4 is 23.6 Å². The van der Waals surface area contributed by atoms with E-state index in [1.165, 1.54) is 6.07 Å². The van der Waals surface area contributed by atoms with Crippen molar-refractivity contribution in [2.75, 3.05) is 5.32 Å². The molecule has 12 heavy (non-hydrogen) atoms. The first-order valence-corrected chi connectivity index (χ1v) is 3.49. The smallest absolute Gasteiger partial charge is 0.280 e. The van der Waals surface area contributed by atoms with Gasteiger partial charge in [0, 0.05) is 11.8 Å². The number of rotatable bonds is 1. The molecule has 1 aromatic rings. The number of benzene rings is 1. The molecule has 1 rings (SSSR count). The molecule has 0 spiro atoms. The summed E-state index contributed by atoms with van der Waals surface area (Å²) in [7, 11) is 0. The number of hydrogen-bond acceptors (Lipinski definition) is 1. The zero-order chi connectivity index (χ0) is 9.14. The van der Waals surface area contributed by atoms with Crippen LogP contribution in [0.15, 0.2) is 18.2 Å². The number of carbonyl (C=O) groups excluding carboxylic acids is 1. The first kappa shape index (κ1) is 8.99. The molecular weight excluding hydrogens is 184 g/mol. The predicted octanol–water partition coefficient (Wildman–Crippen LogP) is 2.43. The number of anilines is 1. The molecular formula is C7H5F2NOS. The van der Waals surface area contributed by atoms with Crippen LogP contribution in [0.2, 0.25) is 0 Å². The third-order valence-corrected chi connectivity index (χ3v) is 1.28. The van der Waals surface area contributed by atoms with Crippen LogP contribution < -0.4 is 5.32 Å². The lowest BCUT2D eigenvalue weighted by molar-refractivity contribution is 0.270. The van der Waals surface area contributed by atoms with Crippen LogP contribution in [0.3, 0.4) is 0 Å². The molecule has 1 amide bonds. The van der Waals surface area contributed by atoms with E-state index >= 15 is 0 Å². The summed E-state index contributed by atoms with van der Waals surface area (Å²) in [5.41, 5.74) is 0.175. The van der Waals surface area contributed by atoms with Crippen molar-refractivity contribution in [1.29, 1.82) is 0 Å². The standard InChI is InChI=1S/C7H5F2NOS/c8-5-2-1-4(3-6(5)9)10-7(11)12/h1-3H,(H2,10,11,12). The van der Waals surface area contributed by atoms with Gasteiger partial charge in [0.15, 0.2) is 11.6 Å². The minimum Gasteiger partial charge on any atom is -0.317 e. The van der Waals surface area contributed by atoms with E-state index in [2.05, 4.69) is 17.9 Å². The van der Waals surface area contributed by atoms with Crippen molar-refractivity contribution in [3.05, 3.63) is 29.8 Å². The van der Waals surface area contributed by atoms with Crippen molar-refractivity contribution in [3.63, 3.8) is 0 Å². The summed E-state index contributed by atoms with van der Waals surface area (Å²) in [4.78, 5) is 10.3. The summed E-state index contributed by atoms with van der Waals surface area (Å²) in [5.74, 6) is -1.96. The summed E-state index contributed by atoms with van der Waals surface area (Å²) in [6, 6.07) is 3.05. The van der Waals surface area contributed by atoms with Crippen LogP contribution >= 0.6 is 12.6 Å². The van der Waals surface area contributed by atoms with Gasteiger partial charge in [-0.1, -0.05) is 12.6 Å². The number of nitrogens with one attached hydrogen (secondary N) is 1. The van der Waals surface area contributed by atoms with Gasteiger partial charge in [0.25, 0.3) is 5.24 Å². The molecule has 1 N–H and O–H groups in total. The van der Waals surface area contributed by atoms with Crippen molar-refractivity contribution in [2.45, 2.75) is 0 Å². The fourth-order valence-electron chi connectivity index (χ4n) is 0.697. The summed E-state index contributed by atoms with van der Waals surface area (Å²) in [5, 5.41) is 1.57. The van der Waals surface area contributed by atoms with Gasteiger partial charge >= 0.3 is 0 Å². The maximum atomic E-state index is 12.5. The number of thiol groups is 1. The molecule has 0 aromatic heterocycles. The van der Waals surface area contributed by atoms with Gasteiger partial charge in [0.2, 0.25) is 0 Å². The zero-order valence-corrected chi connectivity index (χ0v) is 6.74. The second kappa shape index (κ2) is 3.53. The Morgan fingerprint density at radius 2 is 2.00 bits per heavy atom. The van der Waals surface area contributed by atoms with Gasteiger partial charge in [-0.2, -0.15) is 0 Å². The minimum absolute atomic E-state index is 0.175. The fourth-order valence-corrected chi connectivity index (χ4v) is 0.826. The maximum absolute atomic E-state index is 12.5. The van der Waals surface area contributed by atoms with Crippen LogP contribution in [0.25, 0.3) is 0 Å². The monoisotopic (exact) mass is 189 g/mol. The summed E-state index contributed by atoms with van der Waals surface area (Å²) in [6.07, 6.45) is 0. The average molecular weight is 189 g/mol. The maximum Gasteiger partial charge on any atom is 0.280 e. The van der Waals surface area contributed by atoms with E-state index in [0.717, 1.165) is 12.1 Å². The summed E-state index contributed by atoms with van der Waals surface area (Å²) in [6.45, 7) is 0. The SMILES string of the molecule is O=C(S)Nc1ccc(F)c(F)c1. The van der Waals surface area contributed by atoms with Crippen LogP contribution in [0.5, 0.6) is 0 Å². The van der Waals surface area contributed by atoms with E-state index in [0.29, 0.717) is 0 Å². The highest BCUT2D eigenvalue weighted by atomic mass is 32.1. The Bertz CT molecular complexity index is 316. The molecule has 0 saturated carbocycles. The van der Waals surface area contributed by atoms with Crippen molar-refractivity contribution in [2.24, 2.45) is 0 Å². The molecule has 0 atom stereocenters. The average Bonchev–Trinajstić information content (AvgIpc) is 1.96. The lowest BCUT2D eigenvalue weighted by atomic mass is 10.3.